The number of ether oxygens (including phenoxy) is 1. The van der Waals surface area contributed by atoms with Crippen molar-refractivity contribution in [1.82, 2.24) is 4.98 Å². The van der Waals surface area contributed by atoms with Crippen LogP contribution in [0, 0.1) is 12.7 Å². The van der Waals surface area contributed by atoms with Gasteiger partial charge in [-0.05, 0) is 37.3 Å². The minimum Gasteiger partial charge on any atom is -0.485 e. The van der Waals surface area contributed by atoms with Crippen LogP contribution in [0.3, 0.4) is 0 Å². The zero-order valence-electron chi connectivity index (χ0n) is 12.0. The molecule has 1 aromatic heterocycles. The Labute approximate surface area is 147 Å². The van der Waals surface area contributed by atoms with Gasteiger partial charge in [-0.2, -0.15) is 0 Å². The minimum atomic E-state index is -0.434. The van der Waals surface area contributed by atoms with Gasteiger partial charge in [0.15, 0.2) is 5.75 Å². The average Bonchev–Trinajstić information content (AvgIpc) is 2.49. The summed E-state index contributed by atoms with van der Waals surface area (Å²) in [6, 6.07) is 9.75. The van der Waals surface area contributed by atoms with Crippen LogP contribution in [0.4, 0.5) is 4.39 Å². The molecule has 0 aliphatic heterocycles. The Hall–Kier alpha value is -1.55. The summed E-state index contributed by atoms with van der Waals surface area (Å²) in [5.74, 6) is -0.0786. The minimum absolute atomic E-state index is 0.0580. The van der Waals surface area contributed by atoms with Crippen molar-refractivity contribution in [3.63, 3.8) is 0 Å². The predicted molar refractivity (Wildman–Crippen MR) is 92.2 cm³/mol. The molecule has 0 aliphatic rings. The Morgan fingerprint density at radius 2 is 1.83 bits per heavy atom. The van der Waals surface area contributed by atoms with E-state index in [0.29, 0.717) is 26.3 Å². The molecule has 0 amide bonds. The molecule has 6 heteroatoms. The van der Waals surface area contributed by atoms with Gasteiger partial charge < -0.3 is 4.74 Å². The molecule has 3 rings (SSSR count). The van der Waals surface area contributed by atoms with Crippen molar-refractivity contribution in [3.8, 4) is 5.75 Å². The molecule has 0 radical (unpaired) electrons. The molecule has 2 aromatic carbocycles. The summed E-state index contributed by atoms with van der Waals surface area (Å²) in [4.78, 5) is 4.43. The molecule has 2 nitrogen and oxygen atoms in total. The van der Waals surface area contributed by atoms with Gasteiger partial charge >= 0.3 is 0 Å². The van der Waals surface area contributed by atoms with Gasteiger partial charge in [0.2, 0.25) is 0 Å². The van der Waals surface area contributed by atoms with Gasteiger partial charge in [-0.1, -0.05) is 40.9 Å². The van der Waals surface area contributed by atoms with E-state index < -0.39 is 5.82 Å². The van der Waals surface area contributed by atoms with Gasteiger partial charge in [0, 0.05) is 16.6 Å². The molecule has 0 bridgehead atoms. The van der Waals surface area contributed by atoms with Crippen molar-refractivity contribution in [2.75, 3.05) is 0 Å². The number of fused-ring (bicyclic) bond motifs is 1. The molecule has 3 aromatic rings. The Bertz CT molecular complexity index is 878. The van der Waals surface area contributed by atoms with Crippen molar-refractivity contribution in [3.05, 3.63) is 68.5 Å². The number of rotatable bonds is 3. The van der Waals surface area contributed by atoms with Crippen molar-refractivity contribution >= 4 is 45.7 Å². The van der Waals surface area contributed by atoms with Crippen LogP contribution in [0.5, 0.6) is 5.75 Å². The zero-order chi connectivity index (χ0) is 16.6. The maximum absolute atomic E-state index is 13.9. The van der Waals surface area contributed by atoms with E-state index in [-0.39, 0.29) is 12.2 Å². The lowest BCUT2D eigenvalue weighted by molar-refractivity contribution is 0.303. The smallest absolute Gasteiger partial charge is 0.164 e. The summed E-state index contributed by atoms with van der Waals surface area (Å²) in [7, 11) is 0. The summed E-state index contributed by atoms with van der Waals surface area (Å²) in [5, 5.41) is 1.81. The second kappa shape index (κ2) is 6.52. The predicted octanol–water partition coefficient (Wildman–Crippen LogP) is 6.22. The third-order valence-corrected chi connectivity index (χ3v) is 4.35. The number of hydrogen-bond donors (Lipinski definition) is 0. The highest BCUT2D eigenvalue weighted by Crippen LogP contribution is 2.38. The van der Waals surface area contributed by atoms with Gasteiger partial charge in [0.25, 0.3) is 0 Å². The molecule has 23 heavy (non-hydrogen) atoms. The normalized spacial score (nSPS) is 11.0. The van der Waals surface area contributed by atoms with Crippen LogP contribution in [0.1, 0.15) is 11.3 Å². The Morgan fingerprint density at radius 1 is 1.04 bits per heavy atom. The maximum Gasteiger partial charge on any atom is 0.164 e. The first-order valence-electron chi connectivity index (χ1n) is 6.78. The fourth-order valence-corrected chi connectivity index (χ4v) is 3.03. The third-order valence-electron chi connectivity index (χ3n) is 3.40. The molecular weight excluding hydrogens is 360 g/mol. The van der Waals surface area contributed by atoms with Gasteiger partial charge in [0.1, 0.15) is 17.9 Å². The van der Waals surface area contributed by atoms with E-state index in [1.165, 1.54) is 12.1 Å². The Kier molecular flexibility index (Phi) is 4.62. The van der Waals surface area contributed by atoms with E-state index in [1.54, 1.807) is 12.1 Å². The number of aryl methyl sites for hydroxylation is 1. The van der Waals surface area contributed by atoms with E-state index in [4.69, 9.17) is 39.5 Å². The van der Waals surface area contributed by atoms with E-state index >= 15 is 0 Å². The standard InChI is InChI=1S/C17H11Cl3FNO/c1-9-5-6-10-13(19)7-14(20)17(16(10)22-9)23-8-11-12(18)3-2-4-15(11)21/h2-7H,8H2,1H3. The average molecular weight is 371 g/mol. The third kappa shape index (κ3) is 3.23. The number of pyridine rings is 1. The van der Waals surface area contributed by atoms with Crippen molar-refractivity contribution in [2.24, 2.45) is 0 Å². The molecule has 118 valence electrons. The number of hydrogen-bond acceptors (Lipinski definition) is 2. The van der Waals surface area contributed by atoms with Crippen molar-refractivity contribution < 1.29 is 9.13 Å². The molecular formula is C17H11Cl3FNO. The highest BCUT2D eigenvalue weighted by atomic mass is 35.5. The molecule has 0 saturated carbocycles. The Morgan fingerprint density at radius 3 is 2.57 bits per heavy atom. The van der Waals surface area contributed by atoms with Crippen LogP contribution in [-0.2, 0) is 6.61 Å². The largest absolute Gasteiger partial charge is 0.485 e. The van der Waals surface area contributed by atoms with Crippen LogP contribution in [-0.4, -0.2) is 4.98 Å². The maximum atomic E-state index is 13.9. The number of benzene rings is 2. The number of halogens is 4. The molecule has 0 saturated heterocycles. The zero-order valence-corrected chi connectivity index (χ0v) is 14.3. The second-order valence-electron chi connectivity index (χ2n) is 5.01. The lowest BCUT2D eigenvalue weighted by Crippen LogP contribution is -2.01. The number of nitrogens with zero attached hydrogens (tertiary/aromatic N) is 1. The topological polar surface area (TPSA) is 22.1 Å². The summed E-state index contributed by atoms with van der Waals surface area (Å²) >= 11 is 18.4. The molecule has 0 atom stereocenters. The molecule has 0 N–H and O–H groups in total. The van der Waals surface area contributed by atoms with Crippen LogP contribution in [0.15, 0.2) is 36.4 Å². The highest BCUT2D eigenvalue weighted by Gasteiger charge is 2.15. The first-order valence-corrected chi connectivity index (χ1v) is 7.92. The molecule has 0 unspecified atom stereocenters. The van der Waals surface area contributed by atoms with E-state index in [9.17, 15) is 4.39 Å². The van der Waals surface area contributed by atoms with Crippen LogP contribution >= 0.6 is 34.8 Å². The van der Waals surface area contributed by atoms with E-state index in [2.05, 4.69) is 4.98 Å². The lowest BCUT2D eigenvalue weighted by atomic mass is 10.2. The second-order valence-corrected chi connectivity index (χ2v) is 6.23. The molecule has 1 heterocycles. The van der Waals surface area contributed by atoms with E-state index in [0.717, 1.165) is 11.1 Å². The first kappa shape index (κ1) is 16.3. The Balaban J connectivity index is 2.05. The van der Waals surface area contributed by atoms with Crippen LogP contribution in [0.25, 0.3) is 10.9 Å². The monoisotopic (exact) mass is 369 g/mol. The molecule has 0 aliphatic carbocycles. The summed E-state index contributed by atoms with van der Waals surface area (Å²) < 4.78 is 19.6. The molecule has 0 spiro atoms. The summed E-state index contributed by atoms with van der Waals surface area (Å²) in [5.41, 5.74) is 1.60. The van der Waals surface area contributed by atoms with Gasteiger partial charge in [0.05, 0.1) is 15.1 Å². The fraction of sp³-hybridized carbons (Fsp3) is 0.118. The number of aromatic nitrogens is 1. The van der Waals surface area contributed by atoms with Crippen LogP contribution in [0.2, 0.25) is 15.1 Å². The molecule has 0 fully saturated rings. The quantitative estimate of drug-likeness (QED) is 0.546. The van der Waals surface area contributed by atoms with Gasteiger partial charge in [-0.15, -0.1) is 0 Å². The van der Waals surface area contributed by atoms with E-state index in [1.807, 2.05) is 19.1 Å². The van der Waals surface area contributed by atoms with Gasteiger partial charge in [-0.3, -0.25) is 0 Å². The first-order chi connectivity index (χ1) is 11.0. The highest BCUT2D eigenvalue weighted by molar-refractivity contribution is 6.39. The van der Waals surface area contributed by atoms with Crippen molar-refractivity contribution in [1.29, 1.82) is 0 Å². The lowest BCUT2D eigenvalue weighted by Gasteiger charge is -2.13. The SMILES string of the molecule is Cc1ccc2c(Cl)cc(Cl)c(OCc3c(F)cccc3Cl)c2n1. The van der Waals surface area contributed by atoms with Crippen LogP contribution < -0.4 is 4.74 Å². The summed E-state index contributed by atoms with van der Waals surface area (Å²) in [6.45, 7) is 1.79. The fourth-order valence-electron chi connectivity index (χ4n) is 2.24. The van der Waals surface area contributed by atoms with Gasteiger partial charge in [-0.25, -0.2) is 9.37 Å². The summed E-state index contributed by atoms with van der Waals surface area (Å²) in [6.07, 6.45) is 0. The van der Waals surface area contributed by atoms with Crippen molar-refractivity contribution in [2.45, 2.75) is 13.5 Å².